The zero-order chi connectivity index (χ0) is 18.5. The summed E-state index contributed by atoms with van der Waals surface area (Å²) < 4.78 is 42.4. The van der Waals surface area contributed by atoms with Gasteiger partial charge in [0, 0.05) is 18.2 Å². The van der Waals surface area contributed by atoms with Gasteiger partial charge in [0.25, 0.3) is 0 Å². The number of imide groups is 1. The van der Waals surface area contributed by atoms with Crippen LogP contribution in [-0.4, -0.2) is 23.6 Å². The van der Waals surface area contributed by atoms with Crippen LogP contribution in [0, 0.1) is 0 Å². The number of alkyl carbamates (subject to hydrolysis) is 1. The summed E-state index contributed by atoms with van der Waals surface area (Å²) in [6.07, 6.45) is -5.27. The molecule has 8 heteroatoms. The van der Waals surface area contributed by atoms with Gasteiger partial charge in [0.1, 0.15) is 5.60 Å². The predicted octanol–water partition coefficient (Wildman–Crippen LogP) is 3.95. The smallest absolute Gasteiger partial charge is 0.416 e. The lowest BCUT2D eigenvalue weighted by molar-refractivity contribution is -0.137. The van der Waals surface area contributed by atoms with Crippen molar-refractivity contribution in [2.75, 3.05) is 5.32 Å². The van der Waals surface area contributed by atoms with Crippen molar-refractivity contribution in [3.8, 4) is 0 Å². The summed E-state index contributed by atoms with van der Waals surface area (Å²) in [6, 6.07) is 4.09. The van der Waals surface area contributed by atoms with E-state index in [4.69, 9.17) is 4.74 Å². The van der Waals surface area contributed by atoms with Gasteiger partial charge in [0.15, 0.2) is 0 Å². The normalized spacial score (nSPS) is 13.1. The molecule has 134 valence electrons. The van der Waals surface area contributed by atoms with Gasteiger partial charge in [-0.3, -0.25) is 10.1 Å². The number of carbonyl (C=O) groups excluding carboxylic acids is 2. The fourth-order valence-electron chi connectivity index (χ4n) is 1.84. The maximum atomic E-state index is 12.5. The fourth-order valence-corrected chi connectivity index (χ4v) is 1.84. The number of anilines is 1. The average Bonchev–Trinajstić information content (AvgIpc) is 2.34. The predicted molar refractivity (Wildman–Crippen MR) is 83.5 cm³/mol. The number of amides is 2. The molecule has 2 N–H and O–H groups in total. The van der Waals surface area contributed by atoms with Crippen molar-refractivity contribution < 1.29 is 27.5 Å². The van der Waals surface area contributed by atoms with Gasteiger partial charge in [-0.25, -0.2) is 4.79 Å². The second kappa shape index (κ2) is 7.55. The molecule has 0 aromatic heterocycles. The highest BCUT2D eigenvalue weighted by molar-refractivity contribution is 5.92. The Bertz CT molecular complexity index is 578. The summed E-state index contributed by atoms with van der Waals surface area (Å²) in [7, 11) is 0. The van der Waals surface area contributed by atoms with Gasteiger partial charge >= 0.3 is 12.3 Å². The first kappa shape index (κ1) is 19.8. The Morgan fingerprint density at radius 1 is 1.12 bits per heavy atom. The number of carbonyl (C=O) groups is 2. The van der Waals surface area contributed by atoms with Gasteiger partial charge < -0.3 is 10.1 Å². The van der Waals surface area contributed by atoms with Crippen molar-refractivity contribution in [1.29, 1.82) is 0 Å². The summed E-state index contributed by atoms with van der Waals surface area (Å²) >= 11 is 0. The first-order valence-electron chi connectivity index (χ1n) is 7.33. The Morgan fingerprint density at radius 3 is 2.12 bits per heavy atom. The number of benzene rings is 1. The van der Waals surface area contributed by atoms with E-state index in [9.17, 15) is 22.8 Å². The van der Waals surface area contributed by atoms with Crippen LogP contribution in [0.4, 0.5) is 23.7 Å². The molecule has 1 aromatic carbocycles. The SMILES string of the molecule is C[C@H](CC(=O)NC(=O)OC(C)(C)C)Nc1ccc(C(F)(F)F)cc1. The Hall–Kier alpha value is -2.25. The summed E-state index contributed by atoms with van der Waals surface area (Å²) in [4.78, 5) is 23.2. The largest absolute Gasteiger partial charge is 0.444 e. The van der Waals surface area contributed by atoms with Crippen LogP contribution in [0.1, 0.15) is 39.7 Å². The molecule has 0 fully saturated rings. The second-order valence-electron chi connectivity index (χ2n) is 6.37. The molecule has 0 aliphatic heterocycles. The van der Waals surface area contributed by atoms with Crippen molar-refractivity contribution in [3.05, 3.63) is 29.8 Å². The molecule has 2 amide bonds. The molecule has 5 nitrogen and oxygen atoms in total. The molecule has 1 aromatic rings. The van der Waals surface area contributed by atoms with Gasteiger partial charge in [0.05, 0.1) is 5.56 Å². The molecule has 0 aliphatic rings. The molecule has 1 rings (SSSR count). The van der Waals surface area contributed by atoms with E-state index in [1.807, 2.05) is 0 Å². The maximum absolute atomic E-state index is 12.5. The minimum atomic E-state index is -4.39. The fraction of sp³-hybridized carbons (Fsp3) is 0.500. The lowest BCUT2D eigenvalue weighted by atomic mass is 10.1. The van der Waals surface area contributed by atoms with Crippen molar-refractivity contribution in [2.24, 2.45) is 0 Å². The van der Waals surface area contributed by atoms with E-state index >= 15 is 0 Å². The summed E-state index contributed by atoms with van der Waals surface area (Å²) in [6.45, 7) is 6.69. The second-order valence-corrected chi connectivity index (χ2v) is 6.37. The van der Waals surface area contributed by atoms with Crippen LogP contribution in [0.25, 0.3) is 0 Å². The highest BCUT2D eigenvalue weighted by atomic mass is 19.4. The molecule has 0 saturated carbocycles. The number of halogens is 3. The van der Waals surface area contributed by atoms with E-state index in [0.29, 0.717) is 5.69 Å². The maximum Gasteiger partial charge on any atom is 0.416 e. The van der Waals surface area contributed by atoms with Gasteiger partial charge in [0.2, 0.25) is 5.91 Å². The van der Waals surface area contributed by atoms with E-state index < -0.39 is 29.3 Å². The van der Waals surface area contributed by atoms with Crippen LogP contribution >= 0.6 is 0 Å². The molecule has 0 heterocycles. The quantitative estimate of drug-likeness (QED) is 0.866. The summed E-state index contributed by atoms with van der Waals surface area (Å²) in [5, 5.41) is 4.99. The highest BCUT2D eigenvalue weighted by Crippen LogP contribution is 2.29. The topological polar surface area (TPSA) is 67.4 Å². The number of rotatable bonds is 4. The lowest BCUT2D eigenvalue weighted by Crippen LogP contribution is -2.38. The van der Waals surface area contributed by atoms with Crippen LogP contribution in [0.3, 0.4) is 0 Å². The molecular formula is C16H21F3N2O3. The van der Waals surface area contributed by atoms with Gasteiger partial charge in [-0.2, -0.15) is 13.2 Å². The third-order valence-electron chi connectivity index (χ3n) is 2.76. The standard InChI is InChI=1S/C16H21F3N2O3/c1-10(9-13(22)21-14(23)24-15(2,3)4)20-12-7-5-11(6-8-12)16(17,18)19/h5-8,10,20H,9H2,1-4H3,(H,21,22,23)/t10-/m1/s1. The lowest BCUT2D eigenvalue weighted by Gasteiger charge is -2.20. The number of nitrogens with one attached hydrogen (secondary N) is 2. The Balaban J connectivity index is 2.49. The molecule has 24 heavy (non-hydrogen) atoms. The molecule has 0 unspecified atom stereocenters. The third-order valence-corrected chi connectivity index (χ3v) is 2.76. The average molecular weight is 346 g/mol. The molecule has 1 atom stereocenters. The molecule has 0 saturated heterocycles. The molecule has 0 radical (unpaired) electrons. The Kier molecular flexibility index (Phi) is 6.22. The van der Waals surface area contributed by atoms with Crippen LogP contribution in [0.5, 0.6) is 0 Å². The number of ether oxygens (including phenoxy) is 1. The van der Waals surface area contributed by atoms with Crippen LogP contribution in [-0.2, 0) is 15.7 Å². The van der Waals surface area contributed by atoms with Gasteiger partial charge in [-0.15, -0.1) is 0 Å². The molecule has 0 bridgehead atoms. The molecular weight excluding hydrogens is 325 g/mol. The number of hydrogen-bond acceptors (Lipinski definition) is 4. The van der Waals surface area contributed by atoms with E-state index in [2.05, 4.69) is 10.6 Å². The first-order chi connectivity index (χ1) is 10.9. The van der Waals surface area contributed by atoms with Crippen molar-refractivity contribution in [2.45, 2.75) is 51.9 Å². The van der Waals surface area contributed by atoms with E-state index in [-0.39, 0.29) is 12.5 Å². The van der Waals surface area contributed by atoms with Crippen molar-refractivity contribution >= 4 is 17.7 Å². The minimum absolute atomic E-state index is 0.0414. The van der Waals surface area contributed by atoms with E-state index in [1.54, 1.807) is 27.7 Å². The molecule has 0 spiro atoms. The van der Waals surface area contributed by atoms with Crippen molar-refractivity contribution in [1.82, 2.24) is 5.32 Å². The first-order valence-corrected chi connectivity index (χ1v) is 7.33. The third kappa shape index (κ3) is 7.34. The number of hydrogen-bond donors (Lipinski definition) is 2. The van der Waals surface area contributed by atoms with Gasteiger partial charge in [-0.05, 0) is 52.0 Å². The zero-order valence-corrected chi connectivity index (χ0v) is 14.0. The Morgan fingerprint density at radius 2 is 1.67 bits per heavy atom. The van der Waals surface area contributed by atoms with Crippen LogP contribution in [0.15, 0.2) is 24.3 Å². The monoisotopic (exact) mass is 346 g/mol. The Labute approximate surface area is 138 Å². The van der Waals surface area contributed by atoms with E-state index in [0.717, 1.165) is 12.1 Å². The van der Waals surface area contributed by atoms with Gasteiger partial charge in [-0.1, -0.05) is 0 Å². The highest BCUT2D eigenvalue weighted by Gasteiger charge is 2.30. The number of alkyl halides is 3. The summed E-state index contributed by atoms with van der Waals surface area (Å²) in [5.41, 5.74) is -1.02. The molecule has 0 aliphatic carbocycles. The van der Waals surface area contributed by atoms with Crippen molar-refractivity contribution in [3.63, 3.8) is 0 Å². The van der Waals surface area contributed by atoms with Crippen LogP contribution < -0.4 is 10.6 Å². The van der Waals surface area contributed by atoms with E-state index in [1.165, 1.54) is 12.1 Å². The summed E-state index contributed by atoms with van der Waals surface area (Å²) in [5.74, 6) is -0.545. The van der Waals surface area contributed by atoms with Crippen LogP contribution in [0.2, 0.25) is 0 Å². The minimum Gasteiger partial charge on any atom is -0.444 e. The zero-order valence-electron chi connectivity index (χ0n) is 14.0.